The monoisotopic (exact) mass is 362 g/mol. The lowest BCUT2D eigenvalue weighted by molar-refractivity contribution is -0.124. The first-order chi connectivity index (χ1) is 12.4. The number of benzene rings is 1. The van der Waals surface area contributed by atoms with Gasteiger partial charge in [0.05, 0.1) is 13.1 Å². The highest BCUT2D eigenvalue weighted by Crippen LogP contribution is 2.10. The van der Waals surface area contributed by atoms with Crippen LogP contribution in [0.3, 0.4) is 0 Å². The van der Waals surface area contributed by atoms with Crippen molar-refractivity contribution in [1.82, 2.24) is 15.6 Å². The summed E-state index contributed by atoms with van der Waals surface area (Å²) in [4.78, 5) is 28.6. The molecule has 2 amide bonds. The van der Waals surface area contributed by atoms with Gasteiger partial charge < -0.3 is 16.4 Å². The highest BCUT2D eigenvalue weighted by Gasteiger charge is 2.29. The Bertz CT molecular complexity index is 726. The van der Waals surface area contributed by atoms with Crippen molar-refractivity contribution < 1.29 is 18.4 Å². The summed E-state index contributed by atoms with van der Waals surface area (Å²) in [5.41, 5.74) is 6.02. The van der Waals surface area contributed by atoms with Gasteiger partial charge in [0.25, 0.3) is 11.8 Å². The van der Waals surface area contributed by atoms with E-state index in [0.29, 0.717) is 11.1 Å². The lowest BCUT2D eigenvalue weighted by atomic mass is 10.1. The van der Waals surface area contributed by atoms with Crippen LogP contribution >= 0.6 is 0 Å². The molecule has 138 valence electrons. The molecule has 0 spiro atoms. The zero-order chi connectivity index (χ0) is 19.0. The second kappa shape index (κ2) is 9.00. The number of halogens is 2. The summed E-state index contributed by atoms with van der Waals surface area (Å²) >= 11 is 0. The molecule has 6 nitrogen and oxygen atoms in total. The zero-order valence-electron chi connectivity index (χ0n) is 14.0. The summed E-state index contributed by atoms with van der Waals surface area (Å²) in [7, 11) is 0. The summed E-state index contributed by atoms with van der Waals surface area (Å²) in [6, 6.07) is 10.7. The molecule has 1 aromatic heterocycles. The standard InChI is InChI=1S/C18H20F2N4O2/c19-18(20,11-21)12-23-17(26)15(9-13-5-4-8-22-10-13)24-16(25)14-6-2-1-3-7-14/h1-8,10,15H,9,11-12,21H2,(H,23,26)(H,24,25). The Hall–Kier alpha value is -2.87. The summed E-state index contributed by atoms with van der Waals surface area (Å²) in [5.74, 6) is -4.40. The second-order valence-electron chi connectivity index (χ2n) is 5.74. The van der Waals surface area contributed by atoms with E-state index in [2.05, 4.69) is 15.6 Å². The third-order valence-electron chi connectivity index (χ3n) is 3.64. The van der Waals surface area contributed by atoms with Crippen molar-refractivity contribution in [3.8, 4) is 0 Å². The Morgan fingerprint density at radius 2 is 1.88 bits per heavy atom. The van der Waals surface area contributed by atoms with Crippen LogP contribution in [-0.2, 0) is 11.2 Å². The molecule has 0 saturated carbocycles. The van der Waals surface area contributed by atoms with Crippen molar-refractivity contribution >= 4 is 11.8 Å². The van der Waals surface area contributed by atoms with Crippen molar-refractivity contribution in [3.63, 3.8) is 0 Å². The van der Waals surface area contributed by atoms with Crippen LogP contribution in [0.15, 0.2) is 54.9 Å². The number of nitrogens with one attached hydrogen (secondary N) is 2. The summed E-state index contributed by atoms with van der Waals surface area (Å²) in [6.45, 7) is -1.77. The first-order valence-electron chi connectivity index (χ1n) is 8.02. The molecule has 1 aromatic carbocycles. The van der Waals surface area contributed by atoms with E-state index < -0.39 is 36.9 Å². The van der Waals surface area contributed by atoms with E-state index in [1.807, 2.05) is 0 Å². The van der Waals surface area contributed by atoms with Gasteiger partial charge in [0.2, 0.25) is 5.91 Å². The molecule has 2 aromatic rings. The zero-order valence-corrected chi connectivity index (χ0v) is 14.0. The van der Waals surface area contributed by atoms with Gasteiger partial charge in [-0.25, -0.2) is 8.78 Å². The average Bonchev–Trinajstić information content (AvgIpc) is 2.67. The minimum Gasteiger partial charge on any atom is -0.348 e. The van der Waals surface area contributed by atoms with Crippen molar-refractivity contribution in [3.05, 3.63) is 66.0 Å². The van der Waals surface area contributed by atoms with Gasteiger partial charge in [-0.2, -0.15) is 0 Å². The van der Waals surface area contributed by atoms with Gasteiger partial charge in [-0.3, -0.25) is 14.6 Å². The maximum Gasteiger partial charge on any atom is 0.277 e. The molecular formula is C18H20F2N4O2. The molecule has 2 rings (SSSR count). The third-order valence-corrected chi connectivity index (χ3v) is 3.64. The second-order valence-corrected chi connectivity index (χ2v) is 5.74. The molecular weight excluding hydrogens is 342 g/mol. The van der Waals surface area contributed by atoms with Crippen LogP contribution in [-0.4, -0.2) is 41.9 Å². The average molecular weight is 362 g/mol. The van der Waals surface area contributed by atoms with Crippen LogP contribution < -0.4 is 16.4 Å². The van der Waals surface area contributed by atoms with Crippen LogP contribution in [0.4, 0.5) is 8.78 Å². The largest absolute Gasteiger partial charge is 0.348 e. The third kappa shape index (κ3) is 5.89. The number of alkyl halides is 2. The number of pyridine rings is 1. The number of amides is 2. The number of nitrogens with zero attached hydrogens (tertiary/aromatic N) is 1. The topological polar surface area (TPSA) is 97.1 Å². The highest BCUT2D eigenvalue weighted by molar-refractivity contribution is 5.97. The van der Waals surface area contributed by atoms with Crippen molar-refractivity contribution in [2.75, 3.05) is 13.1 Å². The Balaban J connectivity index is 2.10. The van der Waals surface area contributed by atoms with Gasteiger partial charge in [-0.1, -0.05) is 24.3 Å². The van der Waals surface area contributed by atoms with Crippen molar-refractivity contribution in [2.45, 2.75) is 18.4 Å². The van der Waals surface area contributed by atoms with Crippen LogP contribution in [0.2, 0.25) is 0 Å². The molecule has 1 unspecified atom stereocenters. The van der Waals surface area contributed by atoms with E-state index in [-0.39, 0.29) is 6.42 Å². The van der Waals surface area contributed by atoms with Gasteiger partial charge in [0.1, 0.15) is 6.04 Å². The van der Waals surface area contributed by atoms with Crippen LogP contribution in [0, 0.1) is 0 Å². The maximum absolute atomic E-state index is 13.3. The molecule has 26 heavy (non-hydrogen) atoms. The van der Waals surface area contributed by atoms with Crippen LogP contribution in [0.5, 0.6) is 0 Å². The number of carbonyl (C=O) groups excluding carboxylic acids is 2. The van der Waals surface area contributed by atoms with Gasteiger partial charge in [-0.15, -0.1) is 0 Å². The van der Waals surface area contributed by atoms with Crippen LogP contribution in [0.1, 0.15) is 15.9 Å². The van der Waals surface area contributed by atoms with Gasteiger partial charge >= 0.3 is 0 Å². The fourth-order valence-corrected chi connectivity index (χ4v) is 2.21. The van der Waals surface area contributed by atoms with Crippen LogP contribution in [0.25, 0.3) is 0 Å². The normalized spacial score (nSPS) is 12.3. The predicted octanol–water partition coefficient (Wildman–Crippen LogP) is 1.13. The molecule has 0 radical (unpaired) electrons. The SMILES string of the molecule is NCC(F)(F)CNC(=O)C(Cc1cccnc1)NC(=O)c1ccccc1. The van der Waals surface area contributed by atoms with E-state index in [1.165, 1.54) is 0 Å². The predicted molar refractivity (Wildman–Crippen MR) is 92.6 cm³/mol. The summed E-state index contributed by atoms with van der Waals surface area (Å²) in [6.07, 6.45) is 3.23. The van der Waals surface area contributed by atoms with E-state index in [4.69, 9.17) is 5.73 Å². The molecule has 0 bridgehead atoms. The van der Waals surface area contributed by atoms with Crippen molar-refractivity contribution in [2.24, 2.45) is 5.73 Å². The molecule has 0 aliphatic carbocycles. The number of hydrogen-bond acceptors (Lipinski definition) is 4. The number of hydrogen-bond donors (Lipinski definition) is 3. The van der Waals surface area contributed by atoms with Gasteiger partial charge in [-0.05, 0) is 23.8 Å². The highest BCUT2D eigenvalue weighted by atomic mass is 19.3. The molecule has 8 heteroatoms. The molecule has 0 fully saturated rings. The minimum atomic E-state index is -3.21. The Kier molecular flexibility index (Phi) is 6.74. The van der Waals surface area contributed by atoms with E-state index in [9.17, 15) is 18.4 Å². The van der Waals surface area contributed by atoms with E-state index in [0.717, 1.165) is 0 Å². The number of carbonyl (C=O) groups is 2. The maximum atomic E-state index is 13.3. The fraction of sp³-hybridized carbons (Fsp3) is 0.278. The molecule has 1 heterocycles. The summed E-state index contributed by atoms with van der Waals surface area (Å²) in [5, 5.41) is 4.73. The lowest BCUT2D eigenvalue weighted by Gasteiger charge is -2.21. The molecule has 1 atom stereocenters. The molecule has 0 saturated heterocycles. The molecule has 0 aliphatic rings. The van der Waals surface area contributed by atoms with E-state index in [1.54, 1.807) is 54.9 Å². The Morgan fingerprint density at radius 1 is 1.15 bits per heavy atom. The number of rotatable bonds is 8. The fourth-order valence-electron chi connectivity index (χ4n) is 2.21. The first kappa shape index (κ1) is 19.5. The quantitative estimate of drug-likeness (QED) is 0.656. The van der Waals surface area contributed by atoms with Gasteiger partial charge in [0, 0.05) is 24.4 Å². The summed E-state index contributed by atoms with van der Waals surface area (Å²) < 4.78 is 26.6. The van der Waals surface area contributed by atoms with E-state index >= 15 is 0 Å². The van der Waals surface area contributed by atoms with Gasteiger partial charge in [0.15, 0.2) is 0 Å². The molecule has 4 N–H and O–H groups in total. The van der Waals surface area contributed by atoms with Crippen molar-refractivity contribution in [1.29, 1.82) is 0 Å². The minimum absolute atomic E-state index is 0.118. The number of nitrogens with two attached hydrogens (primary N) is 1. The lowest BCUT2D eigenvalue weighted by Crippen LogP contribution is -2.51. The first-order valence-corrected chi connectivity index (χ1v) is 8.02. The molecule has 0 aliphatic heterocycles. The Morgan fingerprint density at radius 3 is 2.50 bits per heavy atom. The smallest absolute Gasteiger partial charge is 0.277 e. The Labute approximate surface area is 149 Å². The number of aromatic nitrogens is 1.